The highest BCUT2D eigenvalue weighted by atomic mass is 32.3. The molecule has 0 unspecified atom stereocenters. The normalized spacial score (nSPS) is 16.2. The minimum absolute atomic E-state index is 0.0158. The van der Waals surface area contributed by atoms with Crippen molar-refractivity contribution < 1.29 is 74.5 Å². The largest absolute Gasteiger partial charge is 0.351 e. The number of benzene rings is 4. The first-order valence-corrected chi connectivity index (χ1v) is 32.9. The highest BCUT2D eigenvalue weighted by Crippen LogP contribution is 2.52. The molecule has 8 N–H and O–H groups in total. The van der Waals surface area contributed by atoms with Crippen LogP contribution in [0, 0.1) is 0 Å². The van der Waals surface area contributed by atoms with E-state index in [2.05, 4.69) is 30.4 Å². The fourth-order valence-electron chi connectivity index (χ4n) is 10.1. The molecule has 0 fully saturated rings. The second-order valence-electron chi connectivity index (χ2n) is 20.1. The van der Waals surface area contributed by atoms with E-state index in [9.17, 15) is 69.9 Å². The van der Waals surface area contributed by atoms with Gasteiger partial charge < -0.3 is 15.5 Å². The molecular weight excluding hydrogens is 1170 g/mol. The lowest BCUT2D eigenvalue weighted by Crippen LogP contribution is -2.28. The fourth-order valence-corrected chi connectivity index (χ4v) is 13.8. The van der Waals surface area contributed by atoms with Crippen molar-refractivity contribution in [2.75, 3.05) is 35.6 Å². The van der Waals surface area contributed by atoms with E-state index in [1.165, 1.54) is 36.5 Å². The molecule has 0 atom stereocenters. The van der Waals surface area contributed by atoms with Gasteiger partial charge in [-0.05, 0) is 103 Å². The quantitative estimate of drug-likeness (QED) is 0.0195. The third kappa shape index (κ3) is 12.8. The van der Waals surface area contributed by atoms with Crippen LogP contribution in [0.5, 0.6) is 0 Å². The Kier molecular flexibility index (Phi) is 16.6. The molecular formula is C51H55N8O16S6+. The van der Waals surface area contributed by atoms with Crippen LogP contribution in [0.25, 0.3) is 27.1 Å². The number of aromatic nitrogens is 3. The lowest BCUT2D eigenvalue weighted by Gasteiger charge is -2.27. The lowest BCUT2D eigenvalue weighted by atomic mass is 9.79. The number of sulfonamides is 1. The van der Waals surface area contributed by atoms with Crippen molar-refractivity contribution >= 4 is 123 Å². The molecule has 81 heavy (non-hydrogen) atoms. The number of nitrogens with one attached hydrogen (secondary N) is 2. The third-order valence-electron chi connectivity index (χ3n) is 13.8. The van der Waals surface area contributed by atoms with Gasteiger partial charge in [-0.15, -0.1) is 10.2 Å². The second kappa shape index (κ2) is 22.2. The van der Waals surface area contributed by atoms with E-state index in [1.807, 2.05) is 39.0 Å². The maximum atomic E-state index is 13.4. The first kappa shape index (κ1) is 60.4. The number of unbranched alkanes of at least 4 members (excludes halogenated alkanes) is 1. The topological polar surface area (TPSA) is 381 Å². The van der Waals surface area contributed by atoms with Gasteiger partial charge in [-0.25, -0.2) is 13.6 Å². The molecule has 2 aromatic heterocycles. The molecule has 2 aliphatic rings. The second-order valence-corrected chi connectivity index (χ2v) is 28.6. The molecule has 0 aliphatic carbocycles. The summed E-state index contributed by atoms with van der Waals surface area (Å²) in [5.74, 6) is -1.88. The van der Waals surface area contributed by atoms with Crippen LogP contribution in [0.15, 0.2) is 122 Å². The Balaban J connectivity index is 1.25. The Morgan fingerprint density at radius 2 is 1.47 bits per heavy atom. The van der Waals surface area contributed by atoms with Crippen LogP contribution in [-0.2, 0) is 66.1 Å². The number of nitrogens with two attached hydrogens (primary N) is 1. The van der Waals surface area contributed by atoms with Gasteiger partial charge >= 0.3 is 0 Å². The Morgan fingerprint density at radius 1 is 0.778 bits per heavy atom. The Labute approximate surface area is 471 Å². The van der Waals surface area contributed by atoms with Gasteiger partial charge in [0.2, 0.25) is 21.1 Å². The minimum atomic E-state index is -5.10. The Bertz CT molecular complexity index is 4330. The molecule has 8 rings (SSSR count). The van der Waals surface area contributed by atoms with Crippen molar-refractivity contribution in [3.05, 3.63) is 125 Å². The minimum Gasteiger partial charge on any atom is -0.351 e. The highest BCUT2D eigenvalue weighted by Gasteiger charge is 2.46. The number of hydrogen-bond acceptors (Lipinski definition) is 17. The van der Waals surface area contributed by atoms with Crippen molar-refractivity contribution in [1.29, 1.82) is 0 Å². The van der Waals surface area contributed by atoms with Gasteiger partial charge in [0, 0.05) is 77.6 Å². The Hall–Kier alpha value is -6.71. The molecule has 0 spiro atoms. The SMILES string of the molecule is CCCC[N+]1=C(/C=C/C(=C/C=C2/N(CCCS(=O)(=O)O)c3ccc4c(S(=O)(=O)O)cc(S(=O)(=O)O)cc4c3C2(C)C)c2ccc(C(=O)NCCC(=O)Nc3nnc(S(N)(=O)=O)s3)cn2)C(C)(C)c2c1ccc1ccc(S(=O)(=O)O)cc21. The smallest absolute Gasteiger partial charge is 0.295 e. The molecule has 6 aromatic rings. The average molecular weight is 1230 g/mol. The Morgan fingerprint density at radius 3 is 2.09 bits per heavy atom. The maximum absolute atomic E-state index is 13.4. The van der Waals surface area contributed by atoms with Crippen LogP contribution in [0.2, 0.25) is 0 Å². The van der Waals surface area contributed by atoms with Gasteiger partial charge in [0.15, 0.2) is 5.71 Å². The fraction of sp³-hybridized carbons (Fsp3) is 0.294. The van der Waals surface area contributed by atoms with Crippen LogP contribution in [0.1, 0.15) is 87.5 Å². The lowest BCUT2D eigenvalue weighted by molar-refractivity contribution is -0.438. The van der Waals surface area contributed by atoms with Crippen molar-refractivity contribution in [3.63, 3.8) is 0 Å². The number of carbonyl (C=O) groups excluding carboxylic acids is 2. The molecule has 430 valence electrons. The van der Waals surface area contributed by atoms with E-state index < -0.39 is 93.0 Å². The summed E-state index contributed by atoms with van der Waals surface area (Å²) < 4.78 is 165. The standard InChI is InChI=1S/C51H54N8O16S6/c1-6-7-23-58-39-17-11-30-9-14-33(79(67,68)69)26-36(30)45(39)50(2,3)42(58)19-12-31(38-16-10-32(29-54-38)47(61)53-22-21-44(60)55-48-56-57-49(76-48)78(52,65)66)13-20-43-51(4,5)46-37-27-34(80(70,71)72)28-41(81(73,74)75)35(37)15-18-40(46)59(43)24-8-25-77(62,63)64/h9-20,26-29H,6-8,21-25H2,1-5H3,(H7-,52,53,55,56,60,61,62,63,64,65,66,67,68,69,70,71,72,73,74,75)/p+1. The predicted molar refractivity (Wildman–Crippen MR) is 303 cm³/mol. The molecule has 2 aliphatic heterocycles. The molecule has 4 aromatic carbocycles. The first-order chi connectivity index (χ1) is 37.6. The van der Waals surface area contributed by atoms with Crippen molar-refractivity contribution in [3.8, 4) is 0 Å². The molecule has 0 radical (unpaired) electrons. The van der Waals surface area contributed by atoms with Gasteiger partial charge in [-0.2, -0.15) is 38.2 Å². The van der Waals surface area contributed by atoms with Crippen LogP contribution in [0.3, 0.4) is 0 Å². The number of primary sulfonamides is 1. The third-order valence-corrected chi connectivity index (χ3v) is 19.3. The van der Waals surface area contributed by atoms with Crippen LogP contribution in [0.4, 0.5) is 16.5 Å². The van der Waals surface area contributed by atoms with E-state index in [1.54, 1.807) is 49.1 Å². The summed E-state index contributed by atoms with van der Waals surface area (Å²) in [5.41, 5.74) is 2.29. The number of allylic oxidation sites excluding steroid dienone is 6. The number of amides is 2. The summed E-state index contributed by atoms with van der Waals surface area (Å²) in [4.78, 5) is 30.5. The number of nitrogens with zero attached hydrogens (tertiary/aromatic N) is 5. The highest BCUT2D eigenvalue weighted by molar-refractivity contribution is 7.91. The van der Waals surface area contributed by atoms with E-state index >= 15 is 0 Å². The monoisotopic (exact) mass is 1230 g/mol. The van der Waals surface area contributed by atoms with Gasteiger partial charge in [0.1, 0.15) is 11.4 Å². The van der Waals surface area contributed by atoms with Crippen molar-refractivity contribution in [1.82, 2.24) is 20.5 Å². The zero-order valence-corrected chi connectivity index (χ0v) is 48.7. The van der Waals surface area contributed by atoms with E-state index in [-0.39, 0.29) is 52.3 Å². The molecule has 2 amide bonds. The number of hydrogen-bond donors (Lipinski definition) is 7. The van der Waals surface area contributed by atoms with Gasteiger partial charge in [0.25, 0.3) is 56.4 Å². The number of pyridine rings is 1. The number of rotatable bonds is 20. The van der Waals surface area contributed by atoms with Gasteiger partial charge in [-0.3, -0.25) is 32.8 Å². The van der Waals surface area contributed by atoms with Crippen LogP contribution in [-0.4, -0.2) is 123 Å². The van der Waals surface area contributed by atoms with E-state index in [0.29, 0.717) is 57.5 Å². The number of anilines is 2. The molecule has 0 saturated carbocycles. The van der Waals surface area contributed by atoms with Crippen LogP contribution < -0.4 is 20.7 Å². The van der Waals surface area contributed by atoms with Crippen LogP contribution >= 0.6 is 11.3 Å². The molecule has 0 bridgehead atoms. The van der Waals surface area contributed by atoms with Gasteiger partial charge in [-0.1, -0.05) is 56.7 Å². The molecule has 0 saturated heterocycles. The summed E-state index contributed by atoms with van der Waals surface area (Å²) in [6, 6.07) is 15.8. The number of fused-ring (bicyclic) bond motifs is 6. The summed E-state index contributed by atoms with van der Waals surface area (Å²) in [6.07, 6.45) is 9.53. The maximum Gasteiger partial charge on any atom is 0.295 e. The zero-order chi connectivity index (χ0) is 59.4. The summed E-state index contributed by atoms with van der Waals surface area (Å²) in [7, 11) is -23.4. The number of carbonyl (C=O) groups is 2. The van der Waals surface area contributed by atoms with E-state index in [0.717, 1.165) is 41.3 Å². The van der Waals surface area contributed by atoms with Crippen molar-refractivity contribution in [2.45, 2.75) is 90.2 Å². The average Bonchev–Trinajstić information content (AvgIpc) is 2.12. The summed E-state index contributed by atoms with van der Waals surface area (Å²) in [6.45, 7) is 9.79. The summed E-state index contributed by atoms with van der Waals surface area (Å²) in [5, 5.41) is 18.2. The molecule has 4 heterocycles. The van der Waals surface area contributed by atoms with Crippen molar-refractivity contribution in [2.24, 2.45) is 5.14 Å². The molecule has 24 nitrogen and oxygen atoms in total. The first-order valence-electron chi connectivity index (χ1n) is 24.6. The summed E-state index contributed by atoms with van der Waals surface area (Å²) >= 11 is 0.546. The molecule has 30 heteroatoms. The van der Waals surface area contributed by atoms with E-state index in [4.69, 9.17) is 5.14 Å². The zero-order valence-electron chi connectivity index (χ0n) is 43.8. The predicted octanol–water partition coefficient (Wildman–Crippen LogP) is 6.16. The van der Waals surface area contributed by atoms with Gasteiger partial charge in [0.05, 0.1) is 32.2 Å².